The van der Waals surface area contributed by atoms with Gasteiger partial charge in [-0.3, -0.25) is 9.59 Å². The molecule has 186 valence electrons. The number of esters is 2. The molecule has 3 rings (SSSR count). The zero-order chi connectivity index (χ0) is 24.7. The lowest BCUT2D eigenvalue weighted by Crippen LogP contribution is -2.48. The normalized spacial score (nSPS) is 22.5. The standard InChI is InChI=1S/C25H34N2O7/c1-4-5-11-34-24(31)19-14-25(2)15-20(25)27(19)22(29)16-26-21(28)10-7-12-33-18-9-6-8-17(13-18)23(30)32-3/h6,8-9,13,19-20H,4-5,7,10-12,14-16H2,1-3H3,(H,26,28)/t19-,20-,25+/m0/s1. The molecule has 2 amide bonds. The second-order valence-corrected chi connectivity index (χ2v) is 9.16. The van der Waals surface area contributed by atoms with Crippen LogP contribution in [0.15, 0.2) is 24.3 Å². The van der Waals surface area contributed by atoms with Crippen LogP contribution in [0.25, 0.3) is 0 Å². The average molecular weight is 475 g/mol. The predicted molar refractivity (Wildman–Crippen MR) is 123 cm³/mol. The summed E-state index contributed by atoms with van der Waals surface area (Å²) in [5, 5.41) is 2.65. The number of piperidine rings is 1. The lowest BCUT2D eigenvalue weighted by molar-refractivity contribution is -0.154. The van der Waals surface area contributed by atoms with Crippen LogP contribution in [-0.4, -0.2) is 67.6 Å². The van der Waals surface area contributed by atoms with Crippen molar-refractivity contribution in [1.29, 1.82) is 0 Å². The van der Waals surface area contributed by atoms with Crippen LogP contribution in [-0.2, 0) is 23.9 Å². The van der Waals surface area contributed by atoms with E-state index >= 15 is 0 Å². The molecule has 1 heterocycles. The molecule has 1 N–H and O–H groups in total. The van der Waals surface area contributed by atoms with Gasteiger partial charge in [0.1, 0.15) is 11.8 Å². The maximum Gasteiger partial charge on any atom is 0.337 e. The predicted octanol–water partition coefficient (Wildman–Crippen LogP) is 2.47. The molecule has 3 atom stereocenters. The van der Waals surface area contributed by atoms with Crippen LogP contribution < -0.4 is 10.1 Å². The van der Waals surface area contributed by atoms with Gasteiger partial charge >= 0.3 is 11.9 Å². The molecule has 9 heteroatoms. The number of hydrogen-bond acceptors (Lipinski definition) is 7. The zero-order valence-corrected chi connectivity index (χ0v) is 20.1. The Kier molecular flexibility index (Phi) is 8.52. The number of ether oxygens (including phenoxy) is 3. The highest BCUT2D eigenvalue weighted by atomic mass is 16.5. The number of nitrogens with zero attached hydrogens (tertiary/aromatic N) is 1. The minimum Gasteiger partial charge on any atom is -0.494 e. The Labute approximate surface area is 200 Å². The maximum atomic E-state index is 12.8. The number of benzene rings is 1. The highest BCUT2D eigenvalue weighted by Gasteiger charge is 2.64. The molecular formula is C25H34N2O7. The molecule has 0 aromatic heterocycles. The van der Waals surface area contributed by atoms with Crippen molar-refractivity contribution in [2.45, 2.75) is 64.5 Å². The van der Waals surface area contributed by atoms with E-state index in [1.807, 2.05) is 6.92 Å². The molecule has 9 nitrogen and oxygen atoms in total. The van der Waals surface area contributed by atoms with E-state index in [1.54, 1.807) is 29.2 Å². The van der Waals surface area contributed by atoms with E-state index in [4.69, 9.17) is 9.47 Å². The summed E-state index contributed by atoms with van der Waals surface area (Å²) in [5.41, 5.74) is 0.355. The number of carbonyl (C=O) groups excluding carboxylic acids is 4. The number of fused-ring (bicyclic) bond motifs is 1. The van der Waals surface area contributed by atoms with E-state index in [0.717, 1.165) is 19.3 Å². The van der Waals surface area contributed by atoms with Crippen molar-refractivity contribution in [2.75, 3.05) is 26.9 Å². The van der Waals surface area contributed by atoms with Crippen LogP contribution in [0.2, 0.25) is 0 Å². The number of rotatable bonds is 12. The molecule has 0 bridgehead atoms. The molecule has 0 spiro atoms. The van der Waals surface area contributed by atoms with E-state index in [9.17, 15) is 19.2 Å². The first-order chi connectivity index (χ1) is 16.3. The van der Waals surface area contributed by atoms with Crippen molar-refractivity contribution in [3.8, 4) is 5.75 Å². The zero-order valence-electron chi connectivity index (χ0n) is 20.1. The monoisotopic (exact) mass is 474 g/mol. The van der Waals surface area contributed by atoms with Crippen molar-refractivity contribution in [3.63, 3.8) is 0 Å². The van der Waals surface area contributed by atoms with Crippen molar-refractivity contribution >= 4 is 23.8 Å². The fourth-order valence-electron chi connectivity index (χ4n) is 4.36. The first-order valence-electron chi connectivity index (χ1n) is 11.8. The third kappa shape index (κ3) is 6.27. The van der Waals surface area contributed by atoms with Gasteiger partial charge in [-0.25, -0.2) is 9.59 Å². The van der Waals surface area contributed by atoms with E-state index in [2.05, 4.69) is 17.0 Å². The SMILES string of the molecule is CCCCOC(=O)[C@@H]1C[C@]2(C)C[C@@H]2N1C(=O)CNC(=O)CCCOc1cccc(C(=O)OC)c1. The summed E-state index contributed by atoms with van der Waals surface area (Å²) in [6, 6.07) is 6.08. The van der Waals surface area contributed by atoms with Crippen molar-refractivity contribution in [2.24, 2.45) is 5.41 Å². The van der Waals surface area contributed by atoms with E-state index < -0.39 is 12.0 Å². The second-order valence-electron chi connectivity index (χ2n) is 9.16. The second kappa shape index (κ2) is 11.4. The van der Waals surface area contributed by atoms with Gasteiger partial charge in [0.05, 0.1) is 32.4 Å². The van der Waals surface area contributed by atoms with Crippen LogP contribution in [0, 0.1) is 5.41 Å². The molecule has 1 saturated heterocycles. The summed E-state index contributed by atoms with van der Waals surface area (Å²) in [7, 11) is 1.31. The number of methoxy groups -OCH3 is 1. The van der Waals surface area contributed by atoms with Gasteiger partial charge in [-0.15, -0.1) is 0 Å². The Morgan fingerprint density at radius 3 is 2.68 bits per heavy atom. The number of likely N-dealkylation sites (tertiary alicyclic amines) is 1. The average Bonchev–Trinajstić information content (AvgIpc) is 3.40. The molecule has 0 unspecified atom stereocenters. The molecule has 1 saturated carbocycles. The molecule has 2 fully saturated rings. The first kappa shape index (κ1) is 25.5. The van der Waals surface area contributed by atoms with Gasteiger partial charge in [-0.2, -0.15) is 0 Å². The summed E-state index contributed by atoms with van der Waals surface area (Å²) in [6.45, 7) is 4.60. The van der Waals surface area contributed by atoms with Gasteiger partial charge < -0.3 is 24.4 Å². The molecule has 1 aromatic carbocycles. The minimum absolute atomic E-state index is 0.0311. The molecular weight excluding hydrogens is 440 g/mol. The summed E-state index contributed by atoms with van der Waals surface area (Å²) in [6.07, 6.45) is 3.84. The van der Waals surface area contributed by atoms with E-state index in [1.165, 1.54) is 7.11 Å². The van der Waals surface area contributed by atoms with Gasteiger partial charge in [0.15, 0.2) is 0 Å². The van der Waals surface area contributed by atoms with Gasteiger partial charge in [-0.1, -0.05) is 26.3 Å². The molecule has 1 aromatic rings. The van der Waals surface area contributed by atoms with Gasteiger partial charge in [0.25, 0.3) is 0 Å². The highest BCUT2D eigenvalue weighted by molar-refractivity contribution is 5.90. The highest BCUT2D eigenvalue weighted by Crippen LogP contribution is 2.59. The van der Waals surface area contributed by atoms with Gasteiger partial charge in [0.2, 0.25) is 11.8 Å². The Bertz CT molecular complexity index is 918. The fraction of sp³-hybridized carbons (Fsp3) is 0.600. The Morgan fingerprint density at radius 2 is 1.94 bits per heavy atom. The summed E-state index contributed by atoms with van der Waals surface area (Å²) in [4.78, 5) is 50.8. The largest absolute Gasteiger partial charge is 0.494 e. The number of amides is 2. The third-order valence-corrected chi connectivity index (χ3v) is 6.45. The van der Waals surface area contributed by atoms with Crippen LogP contribution in [0.4, 0.5) is 0 Å². The molecule has 1 aliphatic carbocycles. The van der Waals surface area contributed by atoms with E-state index in [-0.39, 0.29) is 48.8 Å². The number of carbonyl (C=O) groups is 4. The molecule has 34 heavy (non-hydrogen) atoms. The lowest BCUT2D eigenvalue weighted by Gasteiger charge is -2.26. The Morgan fingerprint density at radius 1 is 1.15 bits per heavy atom. The Hall–Kier alpha value is -3.10. The molecule has 0 radical (unpaired) electrons. The van der Waals surface area contributed by atoms with Gasteiger partial charge in [-0.05, 0) is 49.3 Å². The quantitative estimate of drug-likeness (QED) is 0.366. The van der Waals surface area contributed by atoms with Crippen LogP contribution in [0.3, 0.4) is 0 Å². The minimum atomic E-state index is -0.570. The van der Waals surface area contributed by atoms with Crippen LogP contribution in [0.1, 0.15) is 62.7 Å². The third-order valence-electron chi connectivity index (χ3n) is 6.45. The van der Waals surface area contributed by atoms with E-state index in [0.29, 0.717) is 30.8 Å². The van der Waals surface area contributed by atoms with Crippen LogP contribution in [0.5, 0.6) is 5.75 Å². The molecule has 2 aliphatic rings. The number of nitrogens with one attached hydrogen (secondary N) is 1. The lowest BCUT2D eigenvalue weighted by atomic mass is 10.0. The summed E-state index contributed by atoms with van der Waals surface area (Å²) in [5.74, 6) is -0.810. The van der Waals surface area contributed by atoms with Crippen molar-refractivity contribution < 1.29 is 33.4 Å². The Balaban J connectivity index is 1.40. The topological polar surface area (TPSA) is 111 Å². The van der Waals surface area contributed by atoms with Crippen molar-refractivity contribution in [3.05, 3.63) is 29.8 Å². The summed E-state index contributed by atoms with van der Waals surface area (Å²) >= 11 is 0. The smallest absolute Gasteiger partial charge is 0.337 e. The number of hydrogen-bond donors (Lipinski definition) is 1. The van der Waals surface area contributed by atoms with Gasteiger partial charge in [0, 0.05) is 12.5 Å². The summed E-state index contributed by atoms with van der Waals surface area (Å²) < 4.78 is 15.6. The number of unbranched alkanes of at least 4 members (excludes halogenated alkanes) is 1. The van der Waals surface area contributed by atoms with Crippen molar-refractivity contribution in [1.82, 2.24) is 10.2 Å². The van der Waals surface area contributed by atoms with Crippen LogP contribution >= 0.6 is 0 Å². The maximum absolute atomic E-state index is 12.8. The fourth-order valence-corrected chi connectivity index (χ4v) is 4.36. The molecule has 1 aliphatic heterocycles. The first-order valence-corrected chi connectivity index (χ1v) is 11.8.